The molecule has 1 atom stereocenters. The Bertz CT molecular complexity index is 892. The zero-order valence-corrected chi connectivity index (χ0v) is 13.1. The summed E-state index contributed by atoms with van der Waals surface area (Å²) in [5.41, 5.74) is 3.11. The van der Waals surface area contributed by atoms with Crippen LogP contribution in [0.15, 0.2) is 42.5 Å². The zero-order valence-electron chi connectivity index (χ0n) is 12.3. The van der Waals surface area contributed by atoms with Crippen molar-refractivity contribution < 1.29 is 9.90 Å². The predicted octanol–water partition coefficient (Wildman–Crippen LogP) is 2.26. The van der Waals surface area contributed by atoms with E-state index in [1.54, 1.807) is 18.2 Å². The molecule has 2 aromatic carbocycles. The van der Waals surface area contributed by atoms with E-state index < -0.39 is 5.60 Å². The Hall–Kier alpha value is -2.31. The summed E-state index contributed by atoms with van der Waals surface area (Å²) in [4.78, 5) is 12.4. The van der Waals surface area contributed by atoms with Crippen LogP contribution in [0.3, 0.4) is 0 Å². The van der Waals surface area contributed by atoms with Crippen molar-refractivity contribution in [1.29, 1.82) is 0 Å². The monoisotopic (exact) mass is 325 g/mol. The fourth-order valence-corrected chi connectivity index (χ4v) is 3.62. The minimum absolute atomic E-state index is 0.205. The van der Waals surface area contributed by atoms with E-state index in [4.69, 9.17) is 0 Å². The number of hydrogen-bond donors (Lipinski definition) is 2. The van der Waals surface area contributed by atoms with Crippen LogP contribution in [0.5, 0.6) is 0 Å². The first-order chi connectivity index (χ1) is 11.2. The van der Waals surface area contributed by atoms with Crippen molar-refractivity contribution in [3.8, 4) is 0 Å². The summed E-state index contributed by atoms with van der Waals surface area (Å²) in [6.45, 7) is 0.205. The highest BCUT2D eigenvalue weighted by Crippen LogP contribution is 2.36. The van der Waals surface area contributed by atoms with Crippen molar-refractivity contribution in [2.45, 2.75) is 18.4 Å². The van der Waals surface area contributed by atoms with Crippen LogP contribution in [0.1, 0.15) is 27.9 Å². The third-order valence-electron chi connectivity index (χ3n) is 4.38. The van der Waals surface area contributed by atoms with Crippen LogP contribution in [-0.2, 0) is 12.0 Å². The van der Waals surface area contributed by atoms with Gasteiger partial charge in [0.15, 0.2) is 0 Å². The molecule has 5 nitrogen and oxygen atoms in total. The topological polar surface area (TPSA) is 75.1 Å². The van der Waals surface area contributed by atoms with Gasteiger partial charge in [-0.15, -0.1) is 0 Å². The first-order valence-corrected chi connectivity index (χ1v) is 8.20. The maximum Gasteiger partial charge on any atom is 0.251 e. The van der Waals surface area contributed by atoms with Crippen molar-refractivity contribution in [3.05, 3.63) is 59.2 Å². The van der Waals surface area contributed by atoms with E-state index in [1.165, 1.54) is 0 Å². The molecular formula is C17H15N3O2S. The molecule has 0 bridgehead atoms. The van der Waals surface area contributed by atoms with Gasteiger partial charge < -0.3 is 10.4 Å². The number of amides is 1. The lowest BCUT2D eigenvalue weighted by molar-refractivity contribution is 0.0369. The van der Waals surface area contributed by atoms with Gasteiger partial charge in [-0.05, 0) is 42.2 Å². The van der Waals surface area contributed by atoms with Crippen molar-refractivity contribution in [2.24, 2.45) is 0 Å². The summed E-state index contributed by atoms with van der Waals surface area (Å²) in [6, 6.07) is 13.1. The number of nitrogens with one attached hydrogen (secondary N) is 1. The molecule has 116 valence electrons. The molecule has 4 rings (SSSR count). The second kappa shape index (κ2) is 5.40. The van der Waals surface area contributed by atoms with Gasteiger partial charge in [-0.2, -0.15) is 8.75 Å². The van der Waals surface area contributed by atoms with E-state index in [-0.39, 0.29) is 12.5 Å². The van der Waals surface area contributed by atoms with E-state index in [9.17, 15) is 9.90 Å². The molecule has 0 saturated heterocycles. The highest BCUT2D eigenvalue weighted by Gasteiger charge is 2.36. The number of carbonyl (C=O) groups excluding carboxylic acids is 1. The van der Waals surface area contributed by atoms with E-state index >= 15 is 0 Å². The van der Waals surface area contributed by atoms with Crippen molar-refractivity contribution >= 4 is 28.7 Å². The molecule has 1 heterocycles. The van der Waals surface area contributed by atoms with Gasteiger partial charge >= 0.3 is 0 Å². The van der Waals surface area contributed by atoms with Crippen LogP contribution < -0.4 is 5.32 Å². The van der Waals surface area contributed by atoms with Crippen LogP contribution in [0.4, 0.5) is 0 Å². The van der Waals surface area contributed by atoms with Crippen molar-refractivity contribution in [1.82, 2.24) is 14.1 Å². The van der Waals surface area contributed by atoms with Gasteiger partial charge in [0.05, 0.1) is 18.3 Å². The highest BCUT2D eigenvalue weighted by atomic mass is 32.1. The molecule has 1 aliphatic rings. The average molecular weight is 325 g/mol. The van der Waals surface area contributed by atoms with Gasteiger partial charge in [-0.1, -0.05) is 24.3 Å². The maximum absolute atomic E-state index is 12.4. The van der Waals surface area contributed by atoms with Gasteiger partial charge in [0.1, 0.15) is 16.6 Å². The summed E-state index contributed by atoms with van der Waals surface area (Å²) in [6.07, 6.45) is 1.46. The Labute approximate surface area is 137 Å². The fraction of sp³-hybridized carbons (Fsp3) is 0.235. The normalized spacial score (nSPS) is 19.7. The average Bonchev–Trinajstić information content (AvgIpc) is 3.18. The third kappa shape index (κ3) is 2.50. The van der Waals surface area contributed by atoms with E-state index in [2.05, 4.69) is 14.1 Å². The number of aromatic nitrogens is 2. The van der Waals surface area contributed by atoms with Crippen LogP contribution in [0, 0.1) is 0 Å². The predicted molar refractivity (Wildman–Crippen MR) is 88.4 cm³/mol. The molecule has 6 heteroatoms. The van der Waals surface area contributed by atoms with Gasteiger partial charge in [0, 0.05) is 5.56 Å². The smallest absolute Gasteiger partial charge is 0.251 e. The van der Waals surface area contributed by atoms with Crippen molar-refractivity contribution in [3.63, 3.8) is 0 Å². The lowest BCUT2D eigenvalue weighted by Gasteiger charge is -2.24. The number of rotatable bonds is 3. The second-order valence-electron chi connectivity index (χ2n) is 5.84. The molecule has 1 aliphatic carbocycles. The van der Waals surface area contributed by atoms with Gasteiger partial charge in [-0.3, -0.25) is 4.79 Å². The van der Waals surface area contributed by atoms with E-state index in [0.29, 0.717) is 17.5 Å². The van der Waals surface area contributed by atoms with Crippen LogP contribution in [0.2, 0.25) is 0 Å². The number of aryl methyl sites for hydroxylation is 1. The first kappa shape index (κ1) is 14.3. The summed E-state index contributed by atoms with van der Waals surface area (Å²) < 4.78 is 8.27. The number of benzene rings is 2. The molecule has 0 aliphatic heterocycles. The Morgan fingerprint density at radius 3 is 2.96 bits per heavy atom. The van der Waals surface area contributed by atoms with Crippen LogP contribution in [-0.4, -0.2) is 26.3 Å². The zero-order chi connectivity index (χ0) is 15.9. The highest BCUT2D eigenvalue weighted by molar-refractivity contribution is 7.00. The summed E-state index contributed by atoms with van der Waals surface area (Å²) in [7, 11) is 0. The number of fused-ring (bicyclic) bond motifs is 2. The molecular weight excluding hydrogens is 310 g/mol. The van der Waals surface area contributed by atoms with E-state index in [0.717, 1.165) is 34.8 Å². The summed E-state index contributed by atoms with van der Waals surface area (Å²) in [5.74, 6) is -0.210. The molecule has 0 spiro atoms. The maximum atomic E-state index is 12.4. The second-order valence-corrected chi connectivity index (χ2v) is 6.37. The molecule has 0 saturated carbocycles. The molecule has 2 N–H and O–H groups in total. The van der Waals surface area contributed by atoms with Gasteiger partial charge in [0.2, 0.25) is 0 Å². The Balaban J connectivity index is 1.51. The minimum Gasteiger partial charge on any atom is -0.383 e. The Morgan fingerprint density at radius 2 is 2.04 bits per heavy atom. The van der Waals surface area contributed by atoms with Gasteiger partial charge in [-0.25, -0.2) is 0 Å². The summed E-state index contributed by atoms with van der Waals surface area (Å²) in [5, 5.41) is 13.7. The molecule has 1 aromatic heterocycles. The lowest BCUT2D eigenvalue weighted by atomic mass is 9.96. The number of aliphatic hydroxyl groups is 1. The minimum atomic E-state index is -0.988. The largest absolute Gasteiger partial charge is 0.383 e. The quantitative estimate of drug-likeness (QED) is 0.774. The van der Waals surface area contributed by atoms with Crippen LogP contribution >= 0.6 is 11.7 Å². The molecule has 3 aromatic rings. The number of carbonyl (C=O) groups is 1. The van der Waals surface area contributed by atoms with E-state index in [1.807, 2.05) is 24.3 Å². The molecule has 0 unspecified atom stereocenters. The lowest BCUT2D eigenvalue weighted by Crippen LogP contribution is -2.39. The fourth-order valence-electron chi connectivity index (χ4n) is 3.10. The number of nitrogens with zero attached hydrogens (tertiary/aromatic N) is 2. The van der Waals surface area contributed by atoms with Crippen LogP contribution in [0.25, 0.3) is 11.0 Å². The summed E-state index contributed by atoms with van der Waals surface area (Å²) >= 11 is 1.13. The SMILES string of the molecule is O=C(NC[C@]1(O)CCc2ccccc21)c1ccc2nsnc2c1. The number of hydrogen-bond acceptors (Lipinski definition) is 5. The third-order valence-corrected chi connectivity index (χ3v) is 4.94. The van der Waals surface area contributed by atoms with Gasteiger partial charge in [0.25, 0.3) is 5.91 Å². The Morgan fingerprint density at radius 1 is 1.22 bits per heavy atom. The molecule has 0 fully saturated rings. The molecule has 0 radical (unpaired) electrons. The molecule has 23 heavy (non-hydrogen) atoms. The standard InChI is InChI=1S/C17H15N3O2S/c21-16(12-5-6-14-15(9-12)20-23-19-14)18-10-17(22)8-7-11-3-1-2-4-13(11)17/h1-6,9,22H,7-8,10H2,(H,18,21)/t17-/m1/s1. The molecule has 1 amide bonds. The van der Waals surface area contributed by atoms with Crippen molar-refractivity contribution in [2.75, 3.05) is 6.54 Å². The Kier molecular flexibility index (Phi) is 3.36. The first-order valence-electron chi connectivity index (χ1n) is 7.47.